The third-order valence-electron chi connectivity index (χ3n) is 4.78. The molecular weight excluding hydrogens is 403 g/mol. The van der Waals surface area contributed by atoms with Crippen molar-refractivity contribution < 1.29 is 18.8 Å². The summed E-state index contributed by atoms with van der Waals surface area (Å²) in [5, 5.41) is 14.6. The van der Waals surface area contributed by atoms with E-state index in [1.807, 2.05) is 0 Å². The number of H-pyrrole nitrogens is 1. The molecule has 0 unspecified atom stereocenters. The summed E-state index contributed by atoms with van der Waals surface area (Å²) in [5.74, 6) is -0.865. The van der Waals surface area contributed by atoms with Gasteiger partial charge in [0.25, 0.3) is 5.91 Å². The van der Waals surface area contributed by atoms with Crippen LogP contribution in [0, 0.1) is 5.82 Å². The van der Waals surface area contributed by atoms with E-state index < -0.39 is 11.9 Å². The summed E-state index contributed by atoms with van der Waals surface area (Å²) >= 11 is 0. The Kier molecular flexibility index (Phi) is 5.69. The molecule has 2 aromatic carbocycles. The van der Waals surface area contributed by atoms with Crippen LogP contribution in [0.1, 0.15) is 34.6 Å². The van der Waals surface area contributed by atoms with Crippen molar-refractivity contribution in [3.63, 3.8) is 0 Å². The second-order valence-corrected chi connectivity index (χ2v) is 7.06. The summed E-state index contributed by atoms with van der Waals surface area (Å²) in [6.45, 7) is 0. The van der Waals surface area contributed by atoms with E-state index in [0.717, 1.165) is 5.56 Å². The number of aromatic amines is 1. The Hall–Kier alpha value is -4.08. The lowest BCUT2D eigenvalue weighted by molar-refractivity contribution is -0.118. The molecule has 1 atom stereocenters. The van der Waals surface area contributed by atoms with Gasteiger partial charge < -0.3 is 10.6 Å². The first-order chi connectivity index (χ1) is 15.0. The van der Waals surface area contributed by atoms with E-state index in [1.54, 1.807) is 36.4 Å². The molecule has 1 aliphatic rings. The van der Waals surface area contributed by atoms with Gasteiger partial charge in [0.2, 0.25) is 17.8 Å². The number of hydrogen-bond acceptors (Lipinski definition) is 5. The van der Waals surface area contributed by atoms with Crippen molar-refractivity contribution in [1.29, 1.82) is 0 Å². The predicted molar refractivity (Wildman–Crippen MR) is 110 cm³/mol. The lowest BCUT2D eigenvalue weighted by Crippen LogP contribution is -2.41. The van der Waals surface area contributed by atoms with E-state index >= 15 is 0 Å². The van der Waals surface area contributed by atoms with Gasteiger partial charge in [0.15, 0.2) is 0 Å². The normalized spacial score (nSPS) is 15.5. The molecule has 3 aromatic rings. The molecule has 1 aromatic heterocycles. The van der Waals surface area contributed by atoms with Crippen molar-refractivity contribution in [2.45, 2.75) is 25.3 Å². The standard InChI is InChI=1S/C21H19FN6O3/c22-13-7-5-12(6-8-13)11-17-25-21(28-27-17)26-18(29)10-9-16-20(31)23-15-4-2-1-3-14(15)19(30)24-16/h1-8,16H,9-11H2,(H,23,31)(H,24,30)(H2,25,26,27,28,29)/t16-/m1/s1. The minimum atomic E-state index is -0.841. The average molecular weight is 422 g/mol. The predicted octanol–water partition coefficient (Wildman–Crippen LogP) is 2.00. The van der Waals surface area contributed by atoms with E-state index in [2.05, 4.69) is 31.1 Å². The van der Waals surface area contributed by atoms with Gasteiger partial charge in [0.05, 0.1) is 11.3 Å². The van der Waals surface area contributed by atoms with E-state index in [0.29, 0.717) is 23.5 Å². The SMILES string of the molecule is O=C(CC[C@H]1NC(=O)c2ccccc2NC1=O)Nc1n[nH]c(Cc2ccc(F)cc2)n1. The number of fused-ring (bicyclic) bond motifs is 1. The summed E-state index contributed by atoms with van der Waals surface area (Å²) in [6, 6.07) is 11.8. The van der Waals surface area contributed by atoms with Crippen LogP contribution in [0.5, 0.6) is 0 Å². The van der Waals surface area contributed by atoms with E-state index in [9.17, 15) is 18.8 Å². The Labute approximate surface area is 176 Å². The smallest absolute Gasteiger partial charge is 0.254 e. The van der Waals surface area contributed by atoms with Crippen molar-refractivity contribution in [2.75, 3.05) is 10.6 Å². The van der Waals surface area contributed by atoms with E-state index in [4.69, 9.17) is 0 Å². The maximum atomic E-state index is 13.0. The first-order valence-corrected chi connectivity index (χ1v) is 9.64. The van der Waals surface area contributed by atoms with Crippen molar-refractivity contribution in [3.8, 4) is 0 Å². The summed E-state index contributed by atoms with van der Waals surface area (Å²) in [7, 11) is 0. The van der Waals surface area contributed by atoms with E-state index in [-0.39, 0.29) is 36.4 Å². The van der Waals surface area contributed by atoms with Crippen molar-refractivity contribution >= 4 is 29.4 Å². The van der Waals surface area contributed by atoms with Crippen LogP contribution in [0.2, 0.25) is 0 Å². The number of nitrogens with zero attached hydrogens (tertiary/aromatic N) is 2. The molecule has 1 aliphatic heterocycles. The van der Waals surface area contributed by atoms with Crippen molar-refractivity contribution in [3.05, 3.63) is 71.3 Å². The Morgan fingerprint density at radius 2 is 1.87 bits per heavy atom. The molecule has 0 saturated carbocycles. The topological polar surface area (TPSA) is 129 Å². The lowest BCUT2D eigenvalue weighted by atomic mass is 10.1. The highest BCUT2D eigenvalue weighted by Gasteiger charge is 2.28. The Morgan fingerprint density at radius 1 is 1.10 bits per heavy atom. The fourth-order valence-electron chi connectivity index (χ4n) is 3.20. The number of aromatic nitrogens is 3. The summed E-state index contributed by atoms with van der Waals surface area (Å²) in [5.41, 5.74) is 1.65. The Bertz CT molecular complexity index is 1130. The highest BCUT2D eigenvalue weighted by Crippen LogP contribution is 2.19. The summed E-state index contributed by atoms with van der Waals surface area (Å²) in [6.07, 6.45) is 0.499. The number of anilines is 2. The van der Waals surface area contributed by atoms with Gasteiger partial charge in [-0.3, -0.25) is 24.8 Å². The minimum absolute atomic E-state index is 0.0173. The zero-order chi connectivity index (χ0) is 21.8. The molecule has 31 heavy (non-hydrogen) atoms. The quantitative estimate of drug-likeness (QED) is 0.483. The van der Waals surface area contributed by atoms with Crippen LogP contribution >= 0.6 is 0 Å². The number of halogens is 1. The number of hydrogen-bond donors (Lipinski definition) is 4. The molecule has 4 rings (SSSR count). The number of carbonyl (C=O) groups is 3. The van der Waals surface area contributed by atoms with Crippen LogP contribution in [0.15, 0.2) is 48.5 Å². The maximum absolute atomic E-state index is 13.0. The second-order valence-electron chi connectivity index (χ2n) is 7.06. The van der Waals surface area contributed by atoms with Gasteiger partial charge in [-0.15, -0.1) is 5.10 Å². The molecule has 9 nitrogen and oxygen atoms in total. The number of nitrogens with one attached hydrogen (secondary N) is 4. The van der Waals surface area contributed by atoms with Gasteiger partial charge in [-0.25, -0.2) is 4.39 Å². The molecular formula is C21H19FN6O3. The second kappa shape index (κ2) is 8.74. The first-order valence-electron chi connectivity index (χ1n) is 9.64. The number of amides is 3. The number of rotatable bonds is 6. The van der Waals surface area contributed by atoms with Gasteiger partial charge in [0.1, 0.15) is 17.7 Å². The molecule has 0 bridgehead atoms. The molecule has 0 saturated heterocycles. The van der Waals surface area contributed by atoms with Crippen LogP contribution in [0.3, 0.4) is 0 Å². The molecule has 0 radical (unpaired) electrons. The molecule has 0 aliphatic carbocycles. The number of benzene rings is 2. The van der Waals surface area contributed by atoms with Crippen LogP contribution in [-0.2, 0) is 16.0 Å². The number of carbonyl (C=O) groups excluding carboxylic acids is 3. The zero-order valence-electron chi connectivity index (χ0n) is 16.3. The lowest BCUT2D eigenvalue weighted by Gasteiger charge is -2.13. The number of para-hydroxylation sites is 1. The third-order valence-corrected chi connectivity index (χ3v) is 4.78. The van der Waals surface area contributed by atoms with Crippen molar-refractivity contribution in [1.82, 2.24) is 20.5 Å². The van der Waals surface area contributed by atoms with Gasteiger partial charge >= 0.3 is 0 Å². The highest BCUT2D eigenvalue weighted by molar-refractivity contribution is 6.09. The van der Waals surface area contributed by atoms with Crippen LogP contribution in [-0.4, -0.2) is 38.9 Å². The van der Waals surface area contributed by atoms with Crippen LogP contribution in [0.4, 0.5) is 16.0 Å². The molecule has 0 spiro atoms. The fourth-order valence-corrected chi connectivity index (χ4v) is 3.20. The Balaban J connectivity index is 1.30. The van der Waals surface area contributed by atoms with Crippen LogP contribution < -0.4 is 16.0 Å². The van der Waals surface area contributed by atoms with Crippen LogP contribution in [0.25, 0.3) is 0 Å². The van der Waals surface area contributed by atoms with Crippen molar-refractivity contribution in [2.24, 2.45) is 0 Å². The molecule has 10 heteroatoms. The first kappa shape index (κ1) is 20.2. The molecule has 158 valence electrons. The summed E-state index contributed by atoms with van der Waals surface area (Å²) in [4.78, 5) is 41.2. The molecule has 4 N–H and O–H groups in total. The van der Waals surface area contributed by atoms with Gasteiger partial charge in [-0.05, 0) is 36.2 Å². The summed E-state index contributed by atoms with van der Waals surface area (Å²) < 4.78 is 13.0. The molecule has 0 fully saturated rings. The fraction of sp³-hybridized carbons (Fsp3) is 0.190. The highest BCUT2D eigenvalue weighted by atomic mass is 19.1. The monoisotopic (exact) mass is 422 g/mol. The molecule has 3 amide bonds. The van der Waals surface area contributed by atoms with Gasteiger partial charge in [-0.1, -0.05) is 24.3 Å². The van der Waals surface area contributed by atoms with Gasteiger partial charge in [0, 0.05) is 12.8 Å². The Morgan fingerprint density at radius 3 is 2.68 bits per heavy atom. The zero-order valence-corrected chi connectivity index (χ0v) is 16.3. The average Bonchev–Trinajstić information content (AvgIpc) is 3.14. The maximum Gasteiger partial charge on any atom is 0.254 e. The van der Waals surface area contributed by atoms with E-state index in [1.165, 1.54) is 12.1 Å². The minimum Gasteiger partial charge on any atom is -0.340 e. The van der Waals surface area contributed by atoms with Gasteiger partial charge in [-0.2, -0.15) is 4.98 Å². The largest absolute Gasteiger partial charge is 0.340 e. The molecule has 2 heterocycles. The third kappa shape index (κ3) is 4.92.